The summed E-state index contributed by atoms with van der Waals surface area (Å²) in [6, 6.07) is 12.6. The van der Waals surface area contributed by atoms with Gasteiger partial charge < -0.3 is 10.2 Å². The minimum Gasteiger partial charge on any atom is -0.359 e. The maximum Gasteiger partial charge on any atom is 0.243 e. The van der Waals surface area contributed by atoms with Crippen molar-refractivity contribution in [2.75, 3.05) is 16.8 Å². The first kappa shape index (κ1) is 15.8. The molecule has 1 atom stereocenters. The Morgan fingerprint density at radius 1 is 1.35 bits per heavy atom. The summed E-state index contributed by atoms with van der Waals surface area (Å²) in [5.41, 5.74) is 2.48. The molecule has 0 bridgehead atoms. The van der Waals surface area contributed by atoms with E-state index < -0.39 is 5.82 Å². The van der Waals surface area contributed by atoms with Gasteiger partial charge in [0.15, 0.2) is 0 Å². The number of aryl methyl sites for hydroxylation is 1. The van der Waals surface area contributed by atoms with Gasteiger partial charge in [0.1, 0.15) is 5.82 Å². The summed E-state index contributed by atoms with van der Waals surface area (Å²) in [4.78, 5) is 14.4. The molecule has 0 aromatic heterocycles. The standard InChI is InChI=1S/C18H18ClFN2O/c1-12-6-7-13-4-2-3-5-17(13)22(12)11-18(23)21-16-9-8-14(19)10-15(16)20/h2-5,8-10,12H,6-7,11H2,1H3,(H,21,23)/t12-/m1/s1. The van der Waals surface area contributed by atoms with Crippen LogP contribution in [-0.2, 0) is 11.2 Å². The highest BCUT2D eigenvalue weighted by Crippen LogP contribution is 2.30. The van der Waals surface area contributed by atoms with E-state index in [0.717, 1.165) is 18.5 Å². The van der Waals surface area contributed by atoms with E-state index >= 15 is 0 Å². The van der Waals surface area contributed by atoms with E-state index in [9.17, 15) is 9.18 Å². The van der Waals surface area contributed by atoms with Crippen molar-refractivity contribution in [1.29, 1.82) is 0 Å². The van der Waals surface area contributed by atoms with Gasteiger partial charge in [-0.25, -0.2) is 4.39 Å². The van der Waals surface area contributed by atoms with E-state index in [4.69, 9.17) is 11.6 Å². The zero-order chi connectivity index (χ0) is 16.4. The van der Waals surface area contributed by atoms with Gasteiger partial charge in [0.25, 0.3) is 0 Å². The zero-order valence-corrected chi connectivity index (χ0v) is 13.6. The second-order valence-corrected chi connectivity index (χ2v) is 6.25. The fourth-order valence-corrected chi connectivity index (χ4v) is 3.10. The number of rotatable bonds is 3. The molecule has 1 amide bonds. The minimum absolute atomic E-state index is 0.150. The number of nitrogens with zero attached hydrogens (tertiary/aromatic N) is 1. The van der Waals surface area contributed by atoms with Crippen molar-refractivity contribution in [3.63, 3.8) is 0 Å². The summed E-state index contributed by atoms with van der Waals surface area (Å²) in [5, 5.41) is 2.93. The van der Waals surface area contributed by atoms with Gasteiger partial charge in [-0.15, -0.1) is 0 Å². The number of carbonyl (C=O) groups is 1. The highest BCUT2D eigenvalue weighted by atomic mass is 35.5. The smallest absolute Gasteiger partial charge is 0.243 e. The lowest BCUT2D eigenvalue weighted by Gasteiger charge is -2.36. The lowest BCUT2D eigenvalue weighted by atomic mass is 9.96. The van der Waals surface area contributed by atoms with Crippen molar-refractivity contribution >= 4 is 28.9 Å². The highest BCUT2D eigenvalue weighted by molar-refractivity contribution is 6.30. The lowest BCUT2D eigenvalue weighted by molar-refractivity contribution is -0.115. The van der Waals surface area contributed by atoms with Crippen LogP contribution in [0.15, 0.2) is 42.5 Å². The molecule has 0 fully saturated rings. The maximum atomic E-state index is 13.8. The van der Waals surface area contributed by atoms with Crippen molar-refractivity contribution in [3.05, 3.63) is 58.9 Å². The van der Waals surface area contributed by atoms with Crippen LogP contribution in [0.5, 0.6) is 0 Å². The number of anilines is 2. The zero-order valence-electron chi connectivity index (χ0n) is 12.9. The molecule has 1 heterocycles. The van der Waals surface area contributed by atoms with Crippen LogP contribution in [-0.4, -0.2) is 18.5 Å². The van der Waals surface area contributed by atoms with Crippen LogP contribution >= 0.6 is 11.6 Å². The molecular formula is C18H18ClFN2O. The molecule has 0 unspecified atom stereocenters. The molecule has 1 N–H and O–H groups in total. The van der Waals surface area contributed by atoms with Crippen LogP contribution in [0.3, 0.4) is 0 Å². The number of fused-ring (bicyclic) bond motifs is 1. The minimum atomic E-state index is -0.530. The van der Waals surface area contributed by atoms with Gasteiger partial charge in [-0.3, -0.25) is 4.79 Å². The van der Waals surface area contributed by atoms with E-state index in [0.29, 0.717) is 5.02 Å². The Morgan fingerprint density at radius 3 is 2.91 bits per heavy atom. The molecule has 0 saturated carbocycles. The van der Waals surface area contributed by atoms with Gasteiger partial charge in [0, 0.05) is 16.8 Å². The normalized spacial score (nSPS) is 16.8. The molecule has 2 aromatic carbocycles. The van der Waals surface area contributed by atoms with Crippen molar-refractivity contribution in [2.24, 2.45) is 0 Å². The first-order valence-corrected chi connectivity index (χ1v) is 8.02. The Balaban J connectivity index is 1.75. The summed E-state index contributed by atoms with van der Waals surface area (Å²) in [6.07, 6.45) is 2.01. The molecule has 0 radical (unpaired) electrons. The Kier molecular flexibility index (Phi) is 4.53. The molecule has 2 aromatic rings. The fourth-order valence-electron chi connectivity index (χ4n) is 2.94. The number of hydrogen-bond acceptors (Lipinski definition) is 2. The number of amides is 1. The quantitative estimate of drug-likeness (QED) is 0.911. The monoisotopic (exact) mass is 332 g/mol. The molecular weight excluding hydrogens is 315 g/mol. The van der Waals surface area contributed by atoms with E-state index in [-0.39, 0.29) is 24.2 Å². The van der Waals surface area contributed by atoms with E-state index in [1.807, 2.05) is 18.2 Å². The summed E-state index contributed by atoms with van der Waals surface area (Å²) >= 11 is 5.72. The van der Waals surface area contributed by atoms with Crippen molar-refractivity contribution in [3.8, 4) is 0 Å². The SMILES string of the molecule is C[C@@H]1CCc2ccccc2N1CC(=O)Nc1ccc(Cl)cc1F. The fraction of sp³-hybridized carbons (Fsp3) is 0.278. The summed E-state index contributed by atoms with van der Waals surface area (Å²) in [5.74, 6) is -0.771. The molecule has 1 aliphatic heterocycles. The third kappa shape index (κ3) is 3.48. The van der Waals surface area contributed by atoms with Crippen molar-refractivity contribution in [2.45, 2.75) is 25.8 Å². The Morgan fingerprint density at radius 2 is 2.13 bits per heavy atom. The average Bonchev–Trinajstić information content (AvgIpc) is 2.53. The van der Waals surface area contributed by atoms with Gasteiger partial charge in [-0.2, -0.15) is 0 Å². The second kappa shape index (κ2) is 6.59. The van der Waals surface area contributed by atoms with Crippen LogP contribution in [0.25, 0.3) is 0 Å². The van der Waals surface area contributed by atoms with Gasteiger partial charge in [0.2, 0.25) is 5.91 Å². The first-order chi connectivity index (χ1) is 11.0. The number of carbonyl (C=O) groups excluding carboxylic acids is 1. The maximum absolute atomic E-state index is 13.8. The average molecular weight is 333 g/mol. The number of hydrogen-bond donors (Lipinski definition) is 1. The Hall–Kier alpha value is -2.07. The molecule has 1 aliphatic rings. The van der Waals surface area contributed by atoms with Gasteiger partial charge >= 0.3 is 0 Å². The van der Waals surface area contributed by atoms with Crippen LogP contribution < -0.4 is 10.2 Å². The van der Waals surface area contributed by atoms with Crippen LogP contribution in [0, 0.1) is 5.82 Å². The largest absolute Gasteiger partial charge is 0.359 e. The number of halogens is 2. The Labute approximate surface area is 140 Å². The number of benzene rings is 2. The second-order valence-electron chi connectivity index (χ2n) is 5.82. The Bertz CT molecular complexity index is 735. The van der Waals surface area contributed by atoms with Crippen LogP contribution in [0.1, 0.15) is 18.9 Å². The third-order valence-electron chi connectivity index (χ3n) is 4.18. The molecule has 0 aliphatic carbocycles. The molecule has 23 heavy (non-hydrogen) atoms. The predicted octanol–water partition coefficient (Wildman–Crippen LogP) is 4.26. The summed E-state index contributed by atoms with van der Waals surface area (Å²) in [6.45, 7) is 2.30. The molecule has 3 nitrogen and oxygen atoms in total. The number of nitrogens with one attached hydrogen (secondary N) is 1. The topological polar surface area (TPSA) is 32.3 Å². The molecule has 0 spiro atoms. The highest BCUT2D eigenvalue weighted by Gasteiger charge is 2.24. The molecule has 5 heteroatoms. The molecule has 3 rings (SSSR count). The first-order valence-electron chi connectivity index (χ1n) is 7.64. The van der Waals surface area contributed by atoms with Gasteiger partial charge in [-0.05, 0) is 49.6 Å². The summed E-state index contributed by atoms with van der Waals surface area (Å²) < 4.78 is 13.8. The summed E-state index contributed by atoms with van der Waals surface area (Å²) in [7, 11) is 0. The third-order valence-corrected chi connectivity index (χ3v) is 4.42. The molecule has 120 valence electrons. The van der Waals surface area contributed by atoms with E-state index in [1.54, 1.807) is 6.07 Å². The predicted molar refractivity (Wildman–Crippen MR) is 91.6 cm³/mol. The van der Waals surface area contributed by atoms with E-state index in [2.05, 4.69) is 23.2 Å². The van der Waals surface area contributed by atoms with Gasteiger partial charge in [0.05, 0.1) is 12.2 Å². The van der Waals surface area contributed by atoms with Crippen LogP contribution in [0.2, 0.25) is 5.02 Å². The molecule has 0 saturated heterocycles. The van der Waals surface area contributed by atoms with Crippen molar-refractivity contribution in [1.82, 2.24) is 0 Å². The lowest BCUT2D eigenvalue weighted by Crippen LogP contribution is -2.42. The van der Waals surface area contributed by atoms with Crippen LogP contribution in [0.4, 0.5) is 15.8 Å². The van der Waals surface area contributed by atoms with Gasteiger partial charge in [-0.1, -0.05) is 29.8 Å². The van der Waals surface area contributed by atoms with E-state index in [1.165, 1.54) is 17.7 Å². The van der Waals surface area contributed by atoms with Crippen molar-refractivity contribution < 1.29 is 9.18 Å². The number of para-hydroxylation sites is 1.